The molecule has 41 heavy (non-hydrogen) atoms. The zero-order chi connectivity index (χ0) is 30.5. The Labute approximate surface area is 247 Å². The number of aromatic nitrogens is 4. The first-order chi connectivity index (χ1) is 18.0. The molecule has 2 aromatic rings. The molecule has 2 aromatic heterocycles. The molecule has 1 saturated heterocycles. The van der Waals surface area contributed by atoms with Crippen molar-refractivity contribution >= 4 is 85.8 Å². The molecule has 3 rings (SSSR count). The van der Waals surface area contributed by atoms with Gasteiger partial charge < -0.3 is 50.0 Å². The van der Waals surface area contributed by atoms with Crippen LogP contribution in [0.15, 0.2) is 11.1 Å². The van der Waals surface area contributed by atoms with Crippen LogP contribution in [0.3, 0.4) is 0 Å². The van der Waals surface area contributed by atoms with E-state index in [1.165, 1.54) is 0 Å². The van der Waals surface area contributed by atoms with E-state index in [4.69, 9.17) is 25.2 Å². The van der Waals surface area contributed by atoms with Crippen LogP contribution in [0.5, 0.6) is 0 Å². The first-order valence-corrected chi connectivity index (χ1v) is 17.1. The first kappa shape index (κ1) is 36.9. The van der Waals surface area contributed by atoms with Gasteiger partial charge in [0.2, 0.25) is 5.95 Å². The molecule has 1 aliphatic heterocycles. The van der Waals surface area contributed by atoms with E-state index in [0.717, 1.165) is 10.9 Å². The normalized spacial score (nSPS) is 27.3. The van der Waals surface area contributed by atoms with E-state index < -0.39 is 75.8 Å². The van der Waals surface area contributed by atoms with E-state index in [2.05, 4.69) is 36.7 Å². The van der Waals surface area contributed by atoms with E-state index in [1.54, 1.807) is 0 Å². The summed E-state index contributed by atoms with van der Waals surface area (Å²) in [5.74, 6) is -0.338. The van der Waals surface area contributed by atoms with E-state index >= 15 is 0 Å². The van der Waals surface area contributed by atoms with Crippen molar-refractivity contribution in [2.75, 3.05) is 12.3 Å². The van der Waals surface area contributed by atoms with Crippen molar-refractivity contribution in [2.24, 2.45) is 0 Å². The molecule has 8 atom stereocenters. The number of hydrogen-bond acceptors (Lipinski definition) is 17. The molecule has 3 heterocycles. The van der Waals surface area contributed by atoms with Crippen LogP contribution in [0.4, 0.5) is 5.95 Å². The van der Waals surface area contributed by atoms with Crippen molar-refractivity contribution in [3.05, 3.63) is 16.7 Å². The monoisotopic (exact) mass is 707 g/mol. The summed E-state index contributed by atoms with van der Waals surface area (Å²) in [5.41, 5.74) is 4.29. The van der Waals surface area contributed by atoms with Crippen molar-refractivity contribution < 1.29 is 88.9 Å². The molecule has 0 aliphatic carbocycles. The number of H-pyrrole nitrogens is 1. The van der Waals surface area contributed by atoms with E-state index in [9.17, 15) is 52.5 Å². The maximum atomic E-state index is 12.1. The predicted molar refractivity (Wildman–Crippen MR) is 127 cm³/mol. The van der Waals surface area contributed by atoms with Crippen LogP contribution in [0.1, 0.15) is 6.23 Å². The number of fused-ring (bicyclic) bond motifs is 1. The fourth-order valence-corrected chi connectivity index (χ4v) is 8.88. The van der Waals surface area contributed by atoms with Crippen LogP contribution in [-0.4, -0.2) is 114 Å². The Morgan fingerprint density at radius 1 is 0.902 bits per heavy atom. The third-order valence-electron chi connectivity index (χ3n) is 4.29. The summed E-state index contributed by atoms with van der Waals surface area (Å²) in [4.78, 5) is 76.0. The molecule has 1 fully saturated rings. The van der Waals surface area contributed by atoms with Gasteiger partial charge in [0.15, 0.2) is 17.4 Å². The Morgan fingerprint density at radius 3 is 1.95 bits per heavy atom. The molecule has 1 aliphatic rings. The molecule has 0 saturated carbocycles. The van der Waals surface area contributed by atoms with Gasteiger partial charge in [0.1, 0.15) is 18.3 Å². The number of aliphatic hydroxyl groups is 2. The summed E-state index contributed by atoms with van der Waals surface area (Å²) in [6.45, 7) is -1.18. The molecule has 0 radical (unpaired) electrons. The summed E-state index contributed by atoms with van der Waals surface area (Å²) < 4.78 is 81.8. The van der Waals surface area contributed by atoms with Crippen LogP contribution in [0, 0.1) is 0 Å². The number of rotatable bonds is 12. The molecule has 0 spiro atoms. The number of imidazole rings is 1. The van der Waals surface area contributed by atoms with Crippen LogP contribution < -0.4 is 11.3 Å². The number of nitrogen functional groups attached to an aromatic ring is 1. The van der Waals surface area contributed by atoms with Crippen LogP contribution in [0.25, 0.3) is 11.2 Å². The quantitative estimate of drug-likeness (QED) is 0.0789. The average molecular weight is 707 g/mol. The van der Waals surface area contributed by atoms with Crippen molar-refractivity contribution in [1.29, 1.82) is 0 Å². The van der Waals surface area contributed by atoms with Gasteiger partial charge in [0, 0.05) is 0 Å². The Balaban J connectivity index is 0.00000588. The number of aliphatic hydroxyl groups excluding tert-OH is 2. The molecule has 0 aromatic carbocycles. The summed E-state index contributed by atoms with van der Waals surface area (Å²) in [6, 6.07) is 0. The van der Waals surface area contributed by atoms with Gasteiger partial charge in [-0.1, -0.05) is 0 Å². The van der Waals surface area contributed by atoms with Gasteiger partial charge in [0.05, 0.1) is 12.9 Å². The standard InChI is InChI=1S/C10H18N5O20P5.Na.H/c11-10-13-7-4(8(18)14-10)12-2-15(7)9-6(17)5(16)3(31-9)1-30-37(22,23)33-39(26,27)35-40(28,29)34-38(24,25)32-36(19,20)21;;/h2-3,5-6,9,16-17H,1H2,(H,22,23)(H,24,25)(H,26,27)(H,28,29)(H2,19,20,21)(H3,11,13,14,18);;/t3-,5-,6-,9-;;/m1../s1. The SMILES string of the molecule is Nc1nc2c(ncn2[C@@H]2O[C@H](COP(=O)(O)OP(=O)(O)OP(=O)(O)OP(=O)(O)OP(=O)(O)O)[C@@H](O)[C@H]2O)c(=O)[nH]1.[NaH]. The predicted octanol–water partition coefficient (Wildman–Crippen LogP) is -2.75. The van der Waals surface area contributed by atoms with Crippen LogP contribution >= 0.6 is 39.1 Å². The minimum atomic E-state index is -6.28. The molecular formula is C10H19N5NaO20P5. The molecule has 230 valence electrons. The number of phosphoric acid groups is 5. The summed E-state index contributed by atoms with van der Waals surface area (Å²) >= 11 is 0. The molecular weight excluding hydrogens is 688 g/mol. The topological polar surface area (TPSA) is 392 Å². The summed E-state index contributed by atoms with van der Waals surface area (Å²) in [7, 11) is -30.2. The molecule has 0 amide bonds. The Hall–Kier alpha value is -0.260. The van der Waals surface area contributed by atoms with Gasteiger partial charge in [-0.2, -0.15) is 22.2 Å². The Bertz CT molecular complexity index is 1570. The fourth-order valence-electron chi connectivity index (χ4n) is 2.99. The minimum absolute atomic E-state index is 0. The second kappa shape index (κ2) is 13.0. The number of nitrogens with two attached hydrogens (primary N) is 1. The maximum absolute atomic E-state index is 12.1. The number of nitrogens with one attached hydrogen (secondary N) is 1. The van der Waals surface area contributed by atoms with E-state index in [1.807, 2.05) is 0 Å². The average Bonchev–Trinajstić information content (AvgIpc) is 3.23. The zero-order valence-corrected chi connectivity index (χ0v) is 23.2. The van der Waals surface area contributed by atoms with Crippen LogP contribution in [-0.2, 0) is 49.3 Å². The van der Waals surface area contributed by atoms with E-state index in [-0.39, 0.29) is 46.7 Å². The van der Waals surface area contributed by atoms with Crippen molar-refractivity contribution in [3.63, 3.8) is 0 Å². The molecule has 4 unspecified atom stereocenters. The van der Waals surface area contributed by atoms with Crippen molar-refractivity contribution in [2.45, 2.75) is 24.5 Å². The Morgan fingerprint density at radius 2 is 1.41 bits per heavy atom. The number of aromatic amines is 1. The summed E-state index contributed by atoms with van der Waals surface area (Å²) in [5, 5.41) is 20.6. The first-order valence-electron chi connectivity index (χ1n) is 9.60. The molecule has 11 N–H and O–H groups in total. The Kier molecular flexibility index (Phi) is 11.7. The molecule has 31 heteroatoms. The van der Waals surface area contributed by atoms with Gasteiger partial charge in [-0.05, 0) is 0 Å². The van der Waals surface area contributed by atoms with Gasteiger partial charge in [-0.3, -0.25) is 18.9 Å². The van der Waals surface area contributed by atoms with Crippen LogP contribution in [0.2, 0.25) is 0 Å². The molecule has 0 bridgehead atoms. The second-order valence-electron chi connectivity index (χ2n) is 7.31. The number of ether oxygens (including phenoxy) is 1. The van der Waals surface area contributed by atoms with E-state index in [0.29, 0.717) is 0 Å². The van der Waals surface area contributed by atoms with Crippen molar-refractivity contribution in [1.82, 2.24) is 19.5 Å². The zero-order valence-electron chi connectivity index (χ0n) is 18.7. The van der Waals surface area contributed by atoms with Gasteiger partial charge in [-0.25, -0.2) is 27.8 Å². The van der Waals surface area contributed by atoms with Crippen molar-refractivity contribution in [3.8, 4) is 0 Å². The number of hydrogen-bond donors (Lipinski definition) is 10. The summed E-state index contributed by atoms with van der Waals surface area (Å²) in [6.07, 6.45) is -5.91. The third kappa shape index (κ3) is 10.1. The van der Waals surface area contributed by atoms with Gasteiger partial charge in [-0.15, -0.1) is 0 Å². The second-order valence-corrected chi connectivity index (χ2v) is 14.9. The van der Waals surface area contributed by atoms with Gasteiger partial charge >= 0.3 is 68.7 Å². The van der Waals surface area contributed by atoms with Gasteiger partial charge in [0.25, 0.3) is 5.56 Å². The number of anilines is 1. The fraction of sp³-hybridized carbons (Fsp3) is 0.500. The third-order valence-corrected chi connectivity index (χ3v) is 11.4. The molecule has 25 nitrogen and oxygen atoms in total. The number of nitrogens with zero attached hydrogens (tertiary/aromatic N) is 3. The number of phosphoric ester groups is 1.